The maximum atomic E-state index is 10.7. The number of hydrogen-bond acceptors (Lipinski definition) is 2. The van der Waals surface area contributed by atoms with Crippen molar-refractivity contribution in [1.82, 2.24) is 5.32 Å². The summed E-state index contributed by atoms with van der Waals surface area (Å²) in [6, 6.07) is 0.338. The van der Waals surface area contributed by atoms with Crippen LogP contribution in [0, 0.1) is 11.8 Å². The third kappa shape index (κ3) is 1.71. The van der Waals surface area contributed by atoms with Crippen LogP contribution in [0.1, 0.15) is 20.3 Å². The van der Waals surface area contributed by atoms with Crippen LogP contribution in [0.3, 0.4) is 0 Å². The highest BCUT2D eigenvalue weighted by Crippen LogP contribution is 2.22. The molecular weight excluding hydrogens is 142 g/mol. The molecule has 0 spiro atoms. The SMILES string of the molecule is CC1NCCC(C(=O)O)C1C. The van der Waals surface area contributed by atoms with Gasteiger partial charge in [0.05, 0.1) is 5.92 Å². The highest BCUT2D eigenvalue weighted by Gasteiger charge is 2.31. The summed E-state index contributed by atoms with van der Waals surface area (Å²) in [5.74, 6) is -0.543. The number of piperidine rings is 1. The molecule has 0 aromatic heterocycles. The minimum atomic E-state index is -0.647. The van der Waals surface area contributed by atoms with Gasteiger partial charge in [-0.3, -0.25) is 4.79 Å². The summed E-state index contributed by atoms with van der Waals surface area (Å²) in [5.41, 5.74) is 0. The number of carbonyl (C=O) groups is 1. The molecule has 3 nitrogen and oxygen atoms in total. The Bertz CT molecular complexity index is 158. The number of rotatable bonds is 1. The highest BCUT2D eigenvalue weighted by molar-refractivity contribution is 5.70. The molecule has 64 valence electrons. The Kier molecular flexibility index (Phi) is 2.49. The third-order valence-corrected chi connectivity index (χ3v) is 2.66. The first-order chi connectivity index (χ1) is 5.13. The van der Waals surface area contributed by atoms with Gasteiger partial charge in [0.2, 0.25) is 0 Å². The van der Waals surface area contributed by atoms with Crippen LogP contribution < -0.4 is 5.32 Å². The lowest BCUT2D eigenvalue weighted by atomic mass is 9.83. The fraction of sp³-hybridized carbons (Fsp3) is 0.875. The zero-order valence-electron chi connectivity index (χ0n) is 7.00. The zero-order valence-corrected chi connectivity index (χ0v) is 7.00. The normalized spacial score (nSPS) is 38.5. The lowest BCUT2D eigenvalue weighted by Crippen LogP contribution is -2.45. The molecule has 1 saturated heterocycles. The fourth-order valence-electron chi connectivity index (χ4n) is 1.61. The summed E-state index contributed by atoms with van der Waals surface area (Å²) in [7, 11) is 0. The van der Waals surface area contributed by atoms with Gasteiger partial charge in [0, 0.05) is 6.04 Å². The van der Waals surface area contributed by atoms with E-state index in [4.69, 9.17) is 5.11 Å². The second-order valence-corrected chi connectivity index (χ2v) is 3.34. The summed E-state index contributed by atoms with van der Waals surface area (Å²) < 4.78 is 0. The first-order valence-electron chi connectivity index (χ1n) is 4.09. The molecule has 0 radical (unpaired) electrons. The van der Waals surface area contributed by atoms with Crippen molar-refractivity contribution in [2.75, 3.05) is 6.54 Å². The van der Waals surface area contributed by atoms with Gasteiger partial charge in [0.15, 0.2) is 0 Å². The predicted molar refractivity (Wildman–Crippen MR) is 42.4 cm³/mol. The number of aliphatic carboxylic acids is 1. The zero-order chi connectivity index (χ0) is 8.43. The van der Waals surface area contributed by atoms with Gasteiger partial charge in [-0.25, -0.2) is 0 Å². The molecule has 0 saturated carbocycles. The molecule has 0 aliphatic carbocycles. The second kappa shape index (κ2) is 3.22. The molecule has 1 heterocycles. The molecule has 0 amide bonds. The molecule has 3 atom stereocenters. The van der Waals surface area contributed by atoms with Crippen molar-refractivity contribution in [3.63, 3.8) is 0 Å². The summed E-state index contributed by atoms with van der Waals surface area (Å²) in [5, 5.41) is 12.1. The van der Waals surface area contributed by atoms with Gasteiger partial charge < -0.3 is 10.4 Å². The average molecular weight is 157 g/mol. The smallest absolute Gasteiger partial charge is 0.306 e. The summed E-state index contributed by atoms with van der Waals surface area (Å²) in [6.07, 6.45) is 0.765. The van der Waals surface area contributed by atoms with Crippen LogP contribution >= 0.6 is 0 Å². The van der Waals surface area contributed by atoms with Crippen molar-refractivity contribution >= 4 is 5.97 Å². The molecular formula is C8H15NO2. The van der Waals surface area contributed by atoms with Gasteiger partial charge >= 0.3 is 5.97 Å². The Hall–Kier alpha value is -0.570. The van der Waals surface area contributed by atoms with Crippen LogP contribution in [0.15, 0.2) is 0 Å². The maximum Gasteiger partial charge on any atom is 0.306 e. The number of nitrogens with one attached hydrogen (secondary N) is 1. The van der Waals surface area contributed by atoms with E-state index < -0.39 is 5.97 Å². The van der Waals surface area contributed by atoms with E-state index in [1.807, 2.05) is 13.8 Å². The van der Waals surface area contributed by atoms with Gasteiger partial charge in [-0.1, -0.05) is 6.92 Å². The maximum absolute atomic E-state index is 10.7. The van der Waals surface area contributed by atoms with Crippen LogP contribution in [0.2, 0.25) is 0 Å². The predicted octanol–water partition coefficient (Wildman–Crippen LogP) is 0.705. The van der Waals surface area contributed by atoms with Crippen molar-refractivity contribution in [3.05, 3.63) is 0 Å². The van der Waals surface area contributed by atoms with E-state index in [1.54, 1.807) is 0 Å². The Balaban J connectivity index is 2.58. The van der Waals surface area contributed by atoms with Crippen LogP contribution in [-0.2, 0) is 4.79 Å². The molecule has 1 aliphatic rings. The Morgan fingerprint density at radius 3 is 2.64 bits per heavy atom. The van der Waals surface area contributed by atoms with Crippen molar-refractivity contribution in [2.45, 2.75) is 26.3 Å². The lowest BCUT2D eigenvalue weighted by Gasteiger charge is -2.32. The largest absolute Gasteiger partial charge is 0.481 e. The van der Waals surface area contributed by atoms with Gasteiger partial charge in [0.1, 0.15) is 0 Å². The van der Waals surface area contributed by atoms with Crippen LogP contribution in [0.5, 0.6) is 0 Å². The summed E-state index contributed by atoms with van der Waals surface area (Å²) in [6.45, 7) is 4.87. The van der Waals surface area contributed by atoms with E-state index in [-0.39, 0.29) is 11.8 Å². The first-order valence-corrected chi connectivity index (χ1v) is 4.09. The molecule has 0 aromatic carbocycles. The monoisotopic (exact) mass is 157 g/mol. The highest BCUT2D eigenvalue weighted by atomic mass is 16.4. The van der Waals surface area contributed by atoms with Gasteiger partial charge in [0.25, 0.3) is 0 Å². The van der Waals surface area contributed by atoms with Gasteiger partial charge in [-0.05, 0) is 25.8 Å². The molecule has 2 N–H and O–H groups in total. The molecule has 1 fully saturated rings. The van der Waals surface area contributed by atoms with Crippen molar-refractivity contribution in [1.29, 1.82) is 0 Å². The summed E-state index contributed by atoms with van der Waals surface area (Å²) in [4.78, 5) is 10.7. The Morgan fingerprint density at radius 2 is 2.18 bits per heavy atom. The molecule has 3 heteroatoms. The fourth-order valence-corrected chi connectivity index (χ4v) is 1.61. The van der Waals surface area contributed by atoms with Gasteiger partial charge in [-0.15, -0.1) is 0 Å². The van der Waals surface area contributed by atoms with Crippen molar-refractivity contribution in [2.24, 2.45) is 11.8 Å². The Morgan fingerprint density at radius 1 is 1.55 bits per heavy atom. The van der Waals surface area contributed by atoms with E-state index in [2.05, 4.69) is 5.32 Å². The van der Waals surface area contributed by atoms with Crippen LogP contribution in [-0.4, -0.2) is 23.7 Å². The van der Waals surface area contributed by atoms with Crippen LogP contribution in [0.4, 0.5) is 0 Å². The minimum absolute atomic E-state index is 0.147. The second-order valence-electron chi connectivity index (χ2n) is 3.34. The number of carboxylic acids is 1. The van der Waals surface area contributed by atoms with Crippen molar-refractivity contribution < 1.29 is 9.90 Å². The summed E-state index contributed by atoms with van der Waals surface area (Å²) >= 11 is 0. The molecule has 0 bridgehead atoms. The standard InChI is InChI=1S/C8H15NO2/c1-5-6(2)9-4-3-7(5)8(10)11/h5-7,9H,3-4H2,1-2H3,(H,10,11). The molecule has 0 aromatic rings. The number of hydrogen-bond donors (Lipinski definition) is 2. The average Bonchev–Trinajstić information content (AvgIpc) is 1.94. The Labute approximate surface area is 66.8 Å². The van der Waals surface area contributed by atoms with E-state index in [1.165, 1.54) is 0 Å². The molecule has 1 aliphatic heterocycles. The number of carboxylic acid groups (broad SMARTS) is 1. The van der Waals surface area contributed by atoms with Crippen LogP contribution in [0.25, 0.3) is 0 Å². The van der Waals surface area contributed by atoms with Gasteiger partial charge in [-0.2, -0.15) is 0 Å². The lowest BCUT2D eigenvalue weighted by molar-refractivity contribution is -0.144. The minimum Gasteiger partial charge on any atom is -0.481 e. The van der Waals surface area contributed by atoms with Crippen molar-refractivity contribution in [3.8, 4) is 0 Å². The molecule has 3 unspecified atom stereocenters. The van der Waals surface area contributed by atoms with E-state index in [9.17, 15) is 4.79 Å². The first kappa shape index (κ1) is 8.53. The third-order valence-electron chi connectivity index (χ3n) is 2.66. The van der Waals surface area contributed by atoms with E-state index in [0.717, 1.165) is 13.0 Å². The van der Waals surface area contributed by atoms with E-state index in [0.29, 0.717) is 6.04 Å². The quantitative estimate of drug-likeness (QED) is 0.589. The molecule has 11 heavy (non-hydrogen) atoms. The van der Waals surface area contributed by atoms with E-state index >= 15 is 0 Å². The molecule has 1 rings (SSSR count). The topological polar surface area (TPSA) is 49.3 Å².